The van der Waals surface area contributed by atoms with Gasteiger partial charge in [-0.1, -0.05) is 54.6 Å². The van der Waals surface area contributed by atoms with Crippen LogP contribution >= 0.6 is 0 Å². The number of nitrogens with zero attached hydrogens (tertiary/aromatic N) is 4. The molecule has 2 aliphatic heterocycles. The molecule has 12 heteroatoms. The first-order chi connectivity index (χ1) is 22.8. The van der Waals surface area contributed by atoms with E-state index in [1.54, 1.807) is 78.9 Å². The number of hydrogen-bond donors (Lipinski definition) is 1. The van der Waals surface area contributed by atoms with Crippen LogP contribution in [-0.4, -0.2) is 68.9 Å². The van der Waals surface area contributed by atoms with Gasteiger partial charge in [0.05, 0.1) is 13.7 Å². The molecule has 236 valence electrons. The van der Waals surface area contributed by atoms with Gasteiger partial charge in [0.2, 0.25) is 5.54 Å². The highest BCUT2D eigenvalue weighted by Crippen LogP contribution is 2.43. The topological polar surface area (TPSA) is 143 Å². The maximum Gasteiger partial charge on any atom is 0.337 e. The normalized spacial score (nSPS) is 18.3. The van der Waals surface area contributed by atoms with Gasteiger partial charge in [0, 0.05) is 41.0 Å². The van der Waals surface area contributed by atoms with Crippen LogP contribution in [0.15, 0.2) is 108 Å². The van der Waals surface area contributed by atoms with Gasteiger partial charge in [-0.15, -0.1) is 0 Å². The maximum absolute atomic E-state index is 14.8. The van der Waals surface area contributed by atoms with Gasteiger partial charge in [-0.3, -0.25) is 19.4 Å². The lowest BCUT2D eigenvalue weighted by atomic mass is 9.92. The van der Waals surface area contributed by atoms with Gasteiger partial charge >= 0.3 is 6.03 Å². The molecular formula is C35H28N4O8. The number of urea groups is 1. The molecule has 1 saturated heterocycles. The van der Waals surface area contributed by atoms with Crippen molar-refractivity contribution < 1.29 is 38.2 Å². The van der Waals surface area contributed by atoms with Crippen molar-refractivity contribution in [2.75, 3.05) is 20.4 Å². The molecule has 47 heavy (non-hydrogen) atoms. The first-order valence-corrected chi connectivity index (χ1v) is 14.7. The highest BCUT2D eigenvalue weighted by Gasteiger charge is 2.64. The molecule has 0 spiro atoms. The minimum Gasteiger partial charge on any atom is -0.497 e. The third-order valence-electron chi connectivity index (χ3n) is 8.41. The van der Waals surface area contributed by atoms with Crippen LogP contribution in [0, 0.1) is 0 Å². The number of carbonyl (C=O) groups excluding carboxylic acids is 4. The number of hydrogen-bond acceptors (Lipinski definition) is 9. The zero-order chi connectivity index (χ0) is 32.7. The van der Waals surface area contributed by atoms with Crippen LogP contribution in [0.4, 0.5) is 4.79 Å². The summed E-state index contributed by atoms with van der Waals surface area (Å²) in [5, 5.41) is 11.2. The molecule has 2 aromatic heterocycles. The number of amides is 5. The molecule has 1 N–H and O–H groups in total. The number of aliphatic hydroxyl groups is 1. The molecule has 0 radical (unpaired) electrons. The van der Waals surface area contributed by atoms with E-state index in [-0.39, 0.29) is 17.9 Å². The number of rotatable bonds is 9. The molecule has 4 heterocycles. The first-order valence-electron chi connectivity index (χ1n) is 14.7. The second-order valence-corrected chi connectivity index (χ2v) is 11.1. The van der Waals surface area contributed by atoms with Gasteiger partial charge < -0.3 is 23.9 Å². The first kappa shape index (κ1) is 29.8. The number of carbonyl (C=O) groups is 4. The van der Waals surface area contributed by atoms with Crippen LogP contribution in [-0.2, 0) is 21.6 Å². The molecule has 2 aliphatic rings. The number of furan rings is 1. The summed E-state index contributed by atoms with van der Waals surface area (Å²) in [6, 6.07) is 23.7. The van der Waals surface area contributed by atoms with Gasteiger partial charge in [-0.25, -0.2) is 14.6 Å². The van der Waals surface area contributed by atoms with Crippen LogP contribution in [0.1, 0.15) is 43.9 Å². The van der Waals surface area contributed by atoms with E-state index < -0.39 is 48.9 Å². The summed E-state index contributed by atoms with van der Waals surface area (Å²) in [6.07, 6.45) is 1.56. The Bertz CT molecular complexity index is 1980. The van der Waals surface area contributed by atoms with E-state index in [9.17, 15) is 24.3 Å². The second kappa shape index (κ2) is 11.8. The van der Waals surface area contributed by atoms with E-state index in [1.165, 1.54) is 36.5 Å². The maximum atomic E-state index is 14.8. The van der Waals surface area contributed by atoms with E-state index in [1.807, 2.05) is 0 Å². The number of fused-ring (bicyclic) bond motifs is 2. The second-order valence-electron chi connectivity index (χ2n) is 11.1. The van der Waals surface area contributed by atoms with Crippen molar-refractivity contribution in [3.8, 4) is 5.75 Å². The van der Waals surface area contributed by atoms with Crippen LogP contribution in [0.5, 0.6) is 5.75 Å². The number of ether oxygens (including phenoxy) is 2. The van der Waals surface area contributed by atoms with Crippen molar-refractivity contribution in [2.24, 2.45) is 0 Å². The minimum atomic E-state index is -2.16. The Morgan fingerprint density at radius 1 is 1.00 bits per heavy atom. The largest absolute Gasteiger partial charge is 0.497 e. The number of imide groups is 2. The molecule has 2 atom stereocenters. The Morgan fingerprint density at radius 3 is 2.47 bits per heavy atom. The van der Waals surface area contributed by atoms with Gasteiger partial charge in [0.15, 0.2) is 6.29 Å². The molecule has 0 bridgehead atoms. The monoisotopic (exact) mass is 632 g/mol. The van der Waals surface area contributed by atoms with E-state index >= 15 is 0 Å². The van der Waals surface area contributed by atoms with Crippen LogP contribution < -0.4 is 4.74 Å². The van der Waals surface area contributed by atoms with Crippen molar-refractivity contribution >= 4 is 34.7 Å². The smallest absolute Gasteiger partial charge is 0.337 e. The van der Waals surface area contributed by atoms with Gasteiger partial charge in [-0.05, 0) is 42.0 Å². The molecule has 1 fully saturated rings. The molecule has 5 aromatic rings. The lowest BCUT2D eigenvalue weighted by Crippen LogP contribution is -2.56. The van der Waals surface area contributed by atoms with Gasteiger partial charge in [0.1, 0.15) is 23.8 Å². The highest BCUT2D eigenvalue weighted by atomic mass is 16.6. The zero-order valence-corrected chi connectivity index (χ0v) is 25.1. The summed E-state index contributed by atoms with van der Waals surface area (Å²) in [5.41, 5.74) is -0.219. The van der Waals surface area contributed by atoms with Crippen molar-refractivity contribution in [3.63, 3.8) is 0 Å². The Morgan fingerprint density at radius 2 is 1.74 bits per heavy atom. The third kappa shape index (κ3) is 5.00. The summed E-state index contributed by atoms with van der Waals surface area (Å²) in [5.74, 6) is -1.65. The number of methoxy groups -OCH3 is 1. The Kier molecular flexibility index (Phi) is 7.51. The Labute approximate surface area is 268 Å². The zero-order valence-electron chi connectivity index (χ0n) is 25.1. The lowest BCUT2D eigenvalue weighted by molar-refractivity contribution is -0.152. The summed E-state index contributed by atoms with van der Waals surface area (Å²) >= 11 is 0. The quantitative estimate of drug-likeness (QED) is 0.184. The molecule has 0 saturated carbocycles. The molecule has 12 nitrogen and oxygen atoms in total. The fourth-order valence-corrected chi connectivity index (χ4v) is 6.02. The molecule has 7 rings (SSSR count). The number of aromatic nitrogens is 1. The molecule has 0 aliphatic carbocycles. The average Bonchev–Trinajstić information content (AvgIpc) is 3.74. The summed E-state index contributed by atoms with van der Waals surface area (Å²) in [6.45, 7) is -1.03. The lowest BCUT2D eigenvalue weighted by Gasteiger charge is -2.35. The third-order valence-corrected chi connectivity index (χ3v) is 8.41. The molecule has 3 aromatic carbocycles. The van der Waals surface area contributed by atoms with E-state index in [0.29, 0.717) is 33.4 Å². The molecule has 5 amide bonds. The Balaban J connectivity index is 1.35. The summed E-state index contributed by atoms with van der Waals surface area (Å²) in [7, 11) is 1.49. The average molecular weight is 633 g/mol. The van der Waals surface area contributed by atoms with Gasteiger partial charge in [-0.2, -0.15) is 0 Å². The highest BCUT2D eigenvalue weighted by molar-refractivity contribution is 6.18. The van der Waals surface area contributed by atoms with Crippen molar-refractivity contribution in [3.05, 3.63) is 131 Å². The Hall–Kier alpha value is -5.85. The number of benzene rings is 3. The number of aliphatic hydroxyl groups excluding tert-OH is 1. The van der Waals surface area contributed by atoms with Crippen molar-refractivity contribution in [1.29, 1.82) is 0 Å². The SMILES string of the molecule is COc1ccc2c(c1)C(=O)N(C[C@]1(c3cc4cnccc4o3)C(=O)N(COC(O)c3ccccc3)C(=O)N1C(=O)c1ccccc1)C2. The van der Waals surface area contributed by atoms with E-state index in [0.717, 1.165) is 9.80 Å². The van der Waals surface area contributed by atoms with Crippen LogP contribution in [0.25, 0.3) is 11.0 Å². The predicted molar refractivity (Wildman–Crippen MR) is 166 cm³/mol. The number of pyridine rings is 1. The van der Waals surface area contributed by atoms with Crippen LogP contribution in [0.3, 0.4) is 0 Å². The van der Waals surface area contributed by atoms with Gasteiger partial charge in [0.25, 0.3) is 17.7 Å². The summed E-state index contributed by atoms with van der Waals surface area (Å²) < 4.78 is 17.1. The minimum absolute atomic E-state index is 0.0458. The standard InChI is InChI=1S/C35H28N4O8/c1-45-26-13-12-24-19-37(31(41)27(24)17-26)20-35(29-16-25-18-36-15-14-28(25)47-29)33(43)38(21-46-32(42)23-10-6-3-7-11-23)34(44)39(35)30(40)22-8-4-2-5-9-22/h2-18,32,42H,19-21H2,1H3/t32?,35-/m0/s1. The molecular weight excluding hydrogens is 604 g/mol. The van der Waals surface area contributed by atoms with E-state index in [2.05, 4.69) is 4.98 Å². The molecule has 1 unspecified atom stereocenters. The fraction of sp³-hybridized carbons (Fsp3) is 0.171. The van der Waals surface area contributed by atoms with Crippen molar-refractivity contribution in [2.45, 2.75) is 18.4 Å². The van der Waals surface area contributed by atoms with E-state index in [4.69, 9.17) is 13.9 Å². The van der Waals surface area contributed by atoms with Crippen LogP contribution in [0.2, 0.25) is 0 Å². The van der Waals surface area contributed by atoms with Crippen molar-refractivity contribution in [1.82, 2.24) is 19.7 Å². The fourth-order valence-electron chi connectivity index (χ4n) is 6.02. The summed E-state index contributed by atoms with van der Waals surface area (Å²) in [4.78, 5) is 64.4. The predicted octanol–water partition coefficient (Wildman–Crippen LogP) is 4.46.